The minimum atomic E-state index is -0.293. The van der Waals surface area contributed by atoms with Crippen LogP contribution in [0.25, 0.3) is 0 Å². The van der Waals surface area contributed by atoms with Crippen molar-refractivity contribution in [1.82, 2.24) is 15.1 Å². The Bertz CT molecular complexity index is 601. The van der Waals surface area contributed by atoms with Crippen molar-refractivity contribution in [3.05, 3.63) is 29.6 Å². The molecule has 7 heteroatoms. The normalized spacial score (nSPS) is 18.4. The topological polar surface area (TPSA) is 40.1 Å². The van der Waals surface area contributed by atoms with Gasteiger partial charge in [0.05, 0.1) is 7.11 Å². The summed E-state index contributed by atoms with van der Waals surface area (Å²) in [7, 11) is 3.34. The highest BCUT2D eigenvalue weighted by atomic mass is 127. The van der Waals surface area contributed by atoms with Gasteiger partial charge < -0.3 is 15.0 Å². The number of aliphatic imine (C=N–C) groups is 1. The van der Waals surface area contributed by atoms with Gasteiger partial charge in [-0.05, 0) is 30.0 Å². The molecule has 1 aromatic rings. The van der Waals surface area contributed by atoms with Crippen LogP contribution in [-0.4, -0.2) is 62.6 Å². The van der Waals surface area contributed by atoms with E-state index in [-0.39, 0.29) is 29.8 Å². The molecule has 1 aliphatic carbocycles. The SMILES string of the molecule is CN=C(NCCC1CC1)N1CCN(Cc2ccc(OC)c(F)c2)CC1.I. The van der Waals surface area contributed by atoms with Crippen LogP contribution in [0.3, 0.4) is 0 Å². The highest BCUT2D eigenvalue weighted by Crippen LogP contribution is 2.31. The molecule has 26 heavy (non-hydrogen) atoms. The van der Waals surface area contributed by atoms with Gasteiger partial charge in [-0.1, -0.05) is 18.9 Å². The van der Waals surface area contributed by atoms with Crippen LogP contribution in [0, 0.1) is 11.7 Å². The zero-order valence-corrected chi connectivity index (χ0v) is 18.0. The Kier molecular flexibility index (Phi) is 8.40. The zero-order chi connectivity index (χ0) is 17.6. The lowest BCUT2D eigenvalue weighted by atomic mass is 10.2. The molecule has 146 valence electrons. The summed E-state index contributed by atoms with van der Waals surface area (Å²) >= 11 is 0. The molecule has 2 aliphatic rings. The molecule has 1 aliphatic heterocycles. The Hall–Kier alpha value is -1.09. The maximum atomic E-state index is 13.8. The minimum Gasteiger partial charge on any atom is -0.494 e. The largest absolute Gasteiger partial charge is 0.494 e. The highest BCUT2D eigenvalue weighted by molar-refractivity contribution is 14.0. The summed E-state index contributed by atoms with van der Waals surface area (Å²) < 4.78 is 18.8. The smallest absolute Gasteiger partial charge is 0.193 e. The predicted octanol–water partition coefficient (Wildman–Crippen LogP) is 2.95. The van der Waals surface area contributed by atoms with Crippen LogP contribution in [-0.2, 0) is 6.54 Å². The Labute approximate surface area is 173 Å². The number of halogens is 2. The van der Waals surface area contributed by atoms with Crippen LogP contribution < -0.4 is 10.1 Å². The van der Waals surface area contributed by atoms with Gasteiger partial charge in [0.2, 0.25) is 0 Å². The number of methoxy groups -OCH3 is 1. The Morgan fingerprint density at radius 3 is 2.58 bits per heavy atom. The molecule has 1 saturated heterocycles. The van der Waals surface area contributed by atoms with Crippen LogP contribution >= 0.6 is 24.0 Å². The number of rotatable bonds is 6. The van der Waals surface area contributed by atoms with E-state index in [0.29, 0.717) is 5.75 Å². The van der Waals surface area contributed by atoms with Gasteiger partial charge in [-0.3, -0.25) is 9.89 Å². The first-order chi connectivity index (χ1) is 12.2. The van der Waals surface area contributed by atoms with Crippen molar-refractivity contribution < 1.29 is 9.13 Å². The number of benzene rings is 1. The van der Waals surface area contributed by atoms with Gasteiger partial charge in [-0.25, -0.2) is 4.39 Å². The van der Waals surface area contributed by atoms with Gasteiger partial charge in [0.25, 0.3) is 0 Å². The molecule has 0 aromatic heterocycles. The van der Waals surface area contributed by atoms with Gasteiger partial charge in [-0.2, -0.15) is 0 Å². The first kappa shape index (κ1) is 21.2. The third-order valence-corrected chi connectivity index (χ3v) is 5.04. The van der Waals surface area contributed by atoms with Crippen LogP contribution in [0.2, 0.25) is 0 Å². The molecule has 0 atom stereocenters. The summed E-state index contributed by atoms with van der Waals surface area (Å²) in [6.07, 6.45) is 4.04. The maximum Gasteiger partial charge on any atom is 0.193 e. The zero-order valence-electron chi connectivity index (χ0n) is 15.7. The molecular formula is C19H30FIN4O. The maximum absolute atomic E-state index is 13.8. The number of nitrogens with one attached hydrogen (secondary N) is 1. The van der Waals surface area contributed by atoms with Gasteiger partial charge in [0, 0.05) is 46.3 Å². The van der Waals surface area contributed by atoms with Gasteiger partial charge in [0.15, 0.2) is 17.5 Å². The summed E-state index contributed by atoms with van der Waals surface area (Å²) in [5.74, 6) is 1.96. The predicted molar refractivity (Wildman–Crippen MR) is 114 cm³/mol. The lowest BCUT2D eigenvalue weighted by Crippen LogP contribution is -2.52. The lowest BCUT2D eigenvalue weighted by molar-refractivity contribution is 0.172. The van der Waals surface area contributed by atoms with E-state index in [1.165, 1.54) is 26.4 Å². The molecule has 2 fully saturated rings. The number of ether oxygens (including phenoxy) is 1. The molecular weight excluding hydrogens is 446 g/mol. The van der Waals surface area contributed by atoms with Gasteiger partial charge >= 0.3 is 0 Å². The summed E-state index contributed by atoms with van der Waals surface area (Å²) in [6, 6.07) is 5.21. The first-order valence-corrected chi connectivity index (χ1v) is 9.20. The molecule has 5 nitrogen and oxygen atoms in total. The molecule has 3 rings (SSSR count). The molecule has 0 unspecified atom stereocenters. The summed E-state index contributed by atoms with van der Waals surface area (Å²) in [4.78, 5) is 9.09. The van der Waals surface area contributed by atoms with Crippen LogP contribution in [0.5, 0.6) is 5.75 Å². The molecule has 0 bridgehead atoms. The Balaban J connectivity index is 0.00000243. The number of piperazine rings is 1. The summed E-state index contributed by atoms with van der Waals surface area (Å²) in [5.41, 5.74) is 0.985. The summed E-state index contributed by atoms with van der Waals surface area (Å²) in [5, 5.41) is 3.49. The molecule has 0 amide bonds. The van der Waals surface area contributed by atoms with Crippen molar-refractivity contribution in [3.63, 3.8) is 0 Å². The van der Waals surface area contributed by atoms with E-state index in [9.17, 15) is 4.39 Å². The van der Waals surface area contributed by atoms with E-state index in [1.807, 2.05) is 13.1 Å². The second-order valence-electron chi connectivity index (χ2n) is 6.94. The Morgan fingerprint density at radius 1 is 1.27 bits per heavy atom. The molecule has 1 heterocycles. The van der Waals surface area contributed by atoms with Crippen molar-refractivity contribution in [1.29, 1.82) is 0 Å². The van der Waals surface area contributed by atoms with E-state index < -0.39 is 0 Å². The number of hydrogen-bond acceptors (Lipinski definition) is 3. The molecule has 1 saturated carbocycles. The average molecular weight is 476 g/mol. The second kappa shape index (κ2) is 10.3. The fraction of sp³-hybridized carbons (Fsp3) is 0.632. The van der Waals surface area contributed by atoms with Gasteiger partial charge in [-0.15, -0.1) is 24.0 Å². The van der Waals surface area contributed by atoms with Crippen molar-refractivity contribution in [2.45, 2.75) is 25.8 Å². The average Bonchev–Trinajstić information content (AvgIpc) is 3.44. The minimum absolute atomic E-state index is 0. The monoisotopic (exact) mass is 476 g/mol. The number of guanidine groups is 1. The molecule has 0 radical (unpaired) electrons. The fourth-order valence-corrected chi connectivity index (χ4v) is 3.31. The molecule has 0 spiro atoms. The third kappa shape index (κ3) is 5.97. The van der Waals surface area contributed by atoms with E-state index in [0.717, 1.165) is 56.7 Å². The molecule has 1 aromatic carbocycles. The Morgan fingerprint density at radius 2 is 2.00 bits per heavy atom. The van der Waals surface area contributed by atoms with Gasteiger partial charge in [0.1, 0.15) is 0 Å². The third-order valence-electron chi connectivity index (χ3n) is 5.04. The van der Waals surface area contributed by atoms with Crippen molar-refractivity contribution >= 4 is 29.9 Å². The lowest BCUT2D eigenvalue weighted by Gasteiger charge is -2.36. The second-order valence-corrected chi connectivity index (χ2v) is 6.94. The highest BCUT2D eigenvalue weighted by Gasteiger charge is 2.22. The molecule has 1 N–H and O–H groups in total. The first-order valence-electron chi connectivity index (χ1n) is 9.20. The van der Waals surface area contributed by atoms with Crippen LogP contribution in [0.15, 0.2) is 23.2 Å². The fourth-order valence-electron chi connectivity index (χ4n) is 3.31. The van der Waals surface area contributed by atoms with E-state index in [2.05, 4.69) is 20.1 Å². The number of hydrogen-bond donors (Lipinski definition) is 1. The van der Waals surface area contributed by atoms with Crippen LogP contribution in [0.4, 0.5) is 4.39 Å². The van der Waals surface area contributed by atoms with Crippen molar-refractivity contribution in [3.8, 4) is 5.75 Å². The van der Waals surface area contributed by atoms with E-state index >= 15 is 0 Å². The van der Waals surface area contributed by atoms with Crippen molar-refractivity contribution in [2.75, 3.05) is 46.9 Å². The summed E-state index contributed by atoms with van der Waals surface area (Å²) in [6.45, 7) is 5.59. The number of nitrogens with zero attached hydrogens (tertiary/aromatic N) is 3. The standard InChI is InChI=1S/C19H29FN4O.HI/c1-21-19(22-8-7-15-3-4-15)24-11-9-23(10-12-24)14-16-5-6-18(25-2)17(20)13-16;/h5-6,13,15H,3-4,7-12,14H2,1-2H3,(H,21,22);1H. The van der Waals surface area contributed by atoms with Crippen LogP contribution in [0.1, 0.15) is 24.8 Å². The quantitative estimate of drug-likeness (QED) is 0.390. The van der Waals surface area contributed by atoms with E-state index in [1.54, 1.807) is 12.1 Å². The van der Waals surface area contributed by atoms with Crippen molar-refractivity contribution in [2.24, 2.45) is 10.9 Å². The van der Waals surface area contributed by atoms with E-state index in [4.69, 9.17) is 4.74 Å².